The molecule has 172 valence electrons. The topological polar surface area (TPSA) is 95.1 Å². The highest BCUT2D eigenvalue weighted by atomic mass is 127. The summed E-state index contributed by atoms with van der Waals surface area (Å²) in [6.07, 6.45) is 1.23. The maximum atomic E-state index is 12.1. The van der Waals surface area contributed by atoms with Crippen LogP contribution in [0.15, 0.2) is 4.99 Å². The lowest BCUT2D eigenvalue weighted by molar-refractivity contribution is -0.119. The van der Waals surface area contributed by atoms with Gasteiger partial charge in [0.05, 0.1) is 0 Å². The predicted octanol–water partition coefficient (Wildman–Crippen LogP) is 2.97. The highest BCUT2D eigenvalue weighted by Gasteiger charge is 2.22. The zero-order chi connectivity index (χ0) is 21.7. The van der Waals surface area contributed by atoms with Gasteiger partial charge in [-0.05, 0) is 46.5 Å². The van der Waals surface area contributed by atoms with Crippen LogP contribution in [0.2, 0.25) is 0 Å². The monoisotopic (exact) mass is 527 g/mol. The molecule has 0 aromatic carbocycles. The highest BCUT2D eigenvalue weighted by Crippen LogP contribution is 2.11. The molecular weight excluding hydrogens is 485 g/mol. The molecule has 0 radical (unpaired) electrons. The molecule has 9 heteroatoms. The highest BCUT2D eigenvalue weighted by molar-refractivity contribution is 14.0. The van der Waals surface area contributed by atoms with E-state index in [2.05, 4.69) is 34.8 Å². The molecule has 0 fully saturated rings. The normalized spacial score (nSPS) is 12.7. The fourth-order valence-corrected chi connectivity index (χ4v) is 2.41. The van der Waals surface area contributed by atoms with E-state index in [4.69, 9.17) is 4.74 Å². The van der Waals surface area contributed by atoms with Crippen molar-refractivity contribution < 1.29 is 14.3 Å². The van der Waals surface area contributed by atoms with Gasteiger partial charge in [-0.3, -0.25) is 4.79 Å². The molecule has 3 N–H and O–H groups in total. The van der Waals surface area contributed by atoms with E-state index in [0.29, 0.717) is 25.6 Å². The fourth-order valence-electron chi connectivity index (χ4n) is 2.41. The second kappa shape index (κ2) is 15.6. The van der Waals surface area contributed by atoms with E-state index in [1.165, 1.54) is 0 Å². The van der Waals surface area contributed by atoms with Gasteiger partial charge in [-0.2, -0.15) is 0 Å². The van der Waals surface area contributed by atoms with Gasteiger partial charge in [0.25, 0.3) is 0 Å². The minimum absolute atomic E-state index is 0. The van der Waals surface area contributed by atoms with Crippen molar-refractivity contribution in [3.8, 4) is 0 Å². The fraction of sp³-hybridized carbons (Fsp3) is 0.850. The van der Waals surface area contributed by atoms with Crippen molar-refractivity contribution in [1.29, 1.82) is 0 Å². The van der Waals surface area contributed by atoms with Crippen LogP contribution in [-0.2, 0) is 9.53 Å². The molecule has 29 heavy (non-hydrogen) atoms. The lowest BCUT2D eigenvalue weighted by Gasteiger charge is -2.28. The van der Waals surface area contributed by atoms with E-state index in [1.54, 1.807) is 0 Å². The number of aliphatic imine (C=N–C) groups is 1. The molecule has 0 saturated heterocycles. The van der Waals surface area contributed by atoms with Crippen LogP contribution in [0.5, 0.6) is 0 Å². The maximum absolute atomic E-state index is 12.1. The zero-order valence-electron chi connectivity index (χ0n) is 19.4. The summed E-state index contributed by atoms with van der Waals surface area (Å²) in [5.41, 5.74) is -0.522. The van der Waals surface area contributed by atoms with Crippen LogP contribution in [-0.4, -0.2) is 67.7 Å². The number of nitrogens with zero attached hydrogens (tertiary/aromatic N) is 2. The van der Waals surface area contributed by atoms with Crippen LogP contribution in [0.25, 0.3) is 0 Å². The van der Waals surface area contributed by atoms with Gasteiger partial charge >= 0.3 is 6.09 Å². The summed E-state index contributed by atoms with van der Waals surface area (Å²) in [6, 6.07) is -0.0203. The van der Waals surface area contributed by atoms with Gasteiger partial charge in [0.1, 0.15) is 12.1 Å². The van der Waals surface area contributed by atoms with Crippen molar-refractivity contribution in [2.75, 3.05) is 33.2 Å². The van der Waals surface area contributed by atoms with Gasteiger partial charge in [0.2, 0.25) is 5.91 Å². The Kier molecular flexibility index (Phi) is 16.1. The third kappa shape index (κ3) is 15.3. The Morgan fingerprint density at radius 2 is 1.76 bits per heavy atom. The van der Waals surface area contributed by atoms with E-state index in [-0.39, 0.29) is 48.4 Å². The molecule has 8 nitrogen and oxygen atoms in total. The lowest BCUT2D eigenvalue weighted by atomic mass is 10.0. The van der Waals surface area contributed by atoms with Crippen LogP contribution in [0.4, 0.5) is 4.79 Å². The van der Waals surface area contributed by atoms with Crippen LogP contribution in [0.3, 0.4) is 0 Å². The summed E-state index contributed by atoms with van der Waals surface area (Å²) in [6.45, 7) is 15.8. The molecule has 1 atom stereocenters. The number of alkyl carbamates (subject to hydrolysis) is 1. The average molecular weight is 527 g/mol. The summed E-state index contributed by atoms with van der Waals surface area (Å²) >= 11 is 0. The Morgan fingerprint density at radius 3 is 2.24 bits per heavy atom. The summed E-state index contributed by atoms with van der Waals surface area (Å²) in [5.74, 6) is 0.853. The van der Waals surface area contributed by atoms with Gasteiger partial charge in [0, 0.05) is 32.7 Å². The zero-order valence-corrected chi connectivity index (χ0v) is 21.8. The largest absolute Gasteiger partial charge is 0.444 e. The molecule has 2 amide bonds. The average Bonchev–Trinajstić information content (AvgIpc) is 2.58. The number of nitrogens with one attached hydrogen (secondary N) is 3. The Balaban J connectivity index is 0. The Bertz CT molecular complexity index is 507. The van der Waals surface area contributed by atoms with Crippen LogP contribution < -0.4 is 16.0 Å². The van der Waals surface area contributed by atoms with Crippen LogP contribution in [0, 0.1) is 5.92 Å². The second-order valence-corrected chi connectivity index (χ2v) is 8.23. The smallest absolute Gasteiger partial charge is 0.407 e. The van der Waals surface area contributed by atoms with E-state index >= 15 is 0 Å². The maximum Gasteiger partial charge on any atom is 0.407 e. The summed E-state index contributed by atoms with van der Waals surface area (Å²) in [7, 11) is 1.93. The van der Waals surface area contributed by atoms with Gasteiger partial charge in [-0.15, -0.1) is 24.0 Å². The van der Waals surface area contributed by atoms with E-state index in [0.717, 1.165) is 12.8 Å². The Hall–Kier alpha value is -1.26. The molecular formula is C20H42IN5O3. The van der Waals surface area contributed by atoms with Crippen LogP contribution in [0.1, 0.15) is 61.3 Å². The Labute approximate surface area is 194 Å². The van der Waals surface area contributed by atoms with E-state index < -0.39 is 11.7 Å². The Morgan fingerprint density at radius 1 is 1.14 bits per heavy atom. The molecule has 0 saturated carbocycles. The lowest BCUT2D eigenvalue weighted by Crippen LogP contribution is -2.45. The molecule has 0 spiro atoms. The van der Waals surface area contributed by atoms with Gasteiger partial charge in [0.15, 0.2) is 5.96 Å². The van der Waals surface area contributed by atoms with Crippen molar-refractivity contribution in [3.05, 3.63) is 0 Å². The van der Waals surface area contributed by atoms with E-state index in [1.807, 2.05) is 46.6 Å². The number of amides is 2. The summed E-state index contributed by atoms with van der Waals surface area (Å²) < 4.78 is 5.36. The number of halogens is 1. The third-order valence-corrected chi connectivity index (χ3v) is 3.92. The molecule has 0 aliphatic rings. The van der Waals surface area contributed by atoms with Gasteiger partial charge in [-0.1, -0.05) is 20.8 Å². The van der Waals surface area contributed by atoms with Crippen molar-refractivity contribution in [1.82, 2.24) is 20.9 Å². The molecule has 0 rings (SSSR count). The van der Waals surface area contributed by atoms with Gasteiger partial charge in [-0.25, -0.2) is 9.79 Å². The minimum Gasteiger partial charge on any atom is -0.444 e. The summed E-state index contributed by atoms with van der Waals surface area (Å²) in [4.78, 5) is 30.3. The van der Waals surface area contributed by atoms with Crippen molar-refractivity contribution in [2.45, 2.75) is 73.0 Å². The standard InChI is InChI=1S/C20H41N5O3.HI/c1-9-12-22-17(26)14-23-18(21-10-2)25(8)13-11-16(15(3)4)24-19(27)28-20(5,6)7;/h15-16H,9-14H2,1-8H3,(H,21,23)(H,22,26)(H,24,27);1H. The molecule has 0 bridgehead atoms. The molecule has 0 aromatic heterocycles. The second-order valence-electron chi connectivity index (χ2n) is 8.23. The van der Waals surface area contributed by atoms with Crippen molar-refractivity contribution >= 4 is 41.9 Å². The minimum atomic E-state index is -0.522. The van der Waals surface area contributed by atoms with Crippen LogP contribution >= 0.6 is 24.0 Å². The van der Waals surface area contributed by atoms with Crippen molar-refractivity contribution in [2.24, 2.45) is 10.9 Å². The number of carbonyl (C=O) groups excluding carboxylic acids is 2. The number of guanidine groups is 1. The molecule has 0 aliphatic carbocycles. The third-order valence-electron chi connectivity index (χ3n) is 3.92. The molecule has 0 aromatic rings. The quantitative estimate of drug-likeness (QED) is 0.231. The SMILES string of the molecule is CCCNC(=O)CN=C(NCC)N(C)CCC(NC(=O)OC(C)(C)C)C(C)C.I. The molecule has 1 unspecified atom stereocenters. The number of ether oxygens (including phenoxy) is 1. The van der Waals surface area contributed by atoms with Crippen molar-refractivity contribution in [3.63, 3.8) is 0 Å². The number of hydrogen-bond donors (Lipinski definition) is 3. The predicted molar refractivity (Wildman–Crippen MR) is 130 cm³/mol. The molecule has 0 aliphatic heterocycles. The number of carbonyl (C=O) groups is 2. The number of rotatable bonds is 10. The molecule has 0 heterocycles. The van der Waals surface area contributed by atoms with Gasteiger partial charge < -0.3 is 25.6 Å². The van der Waals surface area contributed by atoms with E-state index in [9.17, 15) is 9.59 Å². The first-order valence-corrected chi connectivity index (χ1v) is 10.3. The summed E-state index contributed by atoms with van der Waals surface area (Å²) in [5, 5.41) is 8.98. The first kappa shape index (κ1) is 29.9. The first-order chi connectivity index (χ1) is 13.0. The number of hydrogen-bond acceptors (Lipinski definition) is 4. The first-order valence-electron chi connectivity index (χ1n) is 10.3.